The molecule has 0 N–H and O–H groups in total. The predicted octanol–water partition coefficient (Wildman–Crippen LogP) is 2.28. The Hall–Kier alpha value is -0.980. The van der Waals surface area contributed by atoms with Crippen LogP contribution < -0.4 is 0 Å². The molecule has 0 aromatic rings. The van der Waals surface area contributed by atoms with Crippen molar-refractivity contribution in [3.63, 3.8) is 0 Å². The van der Waals surface area contributed by atoms with Gasteiger partial charge in [-0.2, -0.15) is 0 Å². The van der Waals surface area contributed by atoms with E-state index in [1.54, 1.807) is 0 Å². The Morgan fingerprint density at radius 3 is 3.00 bits per heavy atom. The van der Waals surface area contributed by atoms with Gasteiger partial charge in [0.05, 0.1) is 6.26 Å². The zero-order valence-corrected chi connectivity index (χ0v) is 6.89. The standard InChI is InChI=1S/C11H12O/c1-2-4-11-9(3-1)10-7-8(10)5-6-12-11/h1-6,8-11H,7H2. The quantitative estimate of drug-likeness (QED) is 0.528. The first-order valence-electron chi connectivity index (χ1n) is 4.62. The molecule has 1 heterocycles. The summed E-state index contributed by atoms with van der Waals surface area (Å²) >= 11 is 0. The van der Waals surface area contributed by atoms with E-state index < -0.39 is 0 Å². The zero-order chi connectivity index (χ0) is 7.97. The minimum atomic E-state index is 0.309. The molecule has 3 aliphatic rings. The van der Waals surface area contributed by atoms with Crippen LogP contribution in [0.5, 0.6) is 0 Å². The number of rotatable bonds is 0. The van der Waals surface area contributed by atoms with Gasteiger partial charge in [0.2, 0.25) is 0 Å². The van der Waals surface area contributed by atoms with Crippen LogP contribution in [0.25, 0.3) is 0 Å². The van der Waals surface area contributed by atoms with E-state index in [4.69, 9.17) is 4.74 Å². The highest BCUT2D eigenvalue weighted by Crippen LogP contribution is 2.49. The molecule has 0 aromatic carbocycles. The maximum atomic E-state index is 5.59. The third-order valence-electron chi connectivity index (χ3n) is 3.07. The van der Waals surface area contributed by atoms with Crippen LogP contribution in [-0.4, -0.2) is 6.10 Å². The molecule has 1 nitrogen and oxygen atoms in total. The molecule has 12 heavy (non-hydrogen) atoms. The van der Waals surface area contributed by atoms with Gasteiger partial charge in [-0.25, -0.2) is 0 Å². The van der Waals surface area contributed by atoms with Crippen LogP contribution in [-0.2, 0) is 4.74 Å². The van der Waals surface area contributed by atoms with Gasteiger partial charge in [0.25, 0.3) is 0 Å². The van der Waals surface area contributed by atoms with Gasteiger partial charge in [-0.3, -0.25) is 0 Å². The molecule has 0 radical (unpaired) electrons. The van der Waals surface area contributed by atoms with Gasteiger partial charge in [-0.1, -0.05) is 18.2 Å². The Kier molecular flexibility index (Phi) is 1.23. The highest BCUT2D eigenvalue weighted by atomic mass is 16.5. The Morgan fingerprint density at radius 1 is 1.08 bits per heavy atom. The predicted molar refractivity (Wildman–Crippen MR) is 47.4 cm³/mol. The third-order valence-corrected chi connectivity index (χ3v) is 3.07. The number of ether oxygens (including phenoxy) is 1. The summed E-state index contributed by atoms with van der Waals surface area (Å²) in [4.78, 5) is 0. The van der Waals surface area contributed by atoms with E-state index in [0.717, 1.165) is 11.8 Å². The summed E-state index contributed by atoms with van der Waals surface area (Å²) in [5.74, 6) is 2.29. The molecular weight excluding hydrogens is 148 g/mol. The number of hydrogen-bond acceptors (Lipinski definition) is 1. The fourth-order valence-electron chi connectivity index (χ4n) is 2.26. The van der Waals surface area contributed by atoms with Crippen molar-refractivity contribution in [1.82, 2.24) is 0 Å². The van der Waals surface area contributed by atoms with Gasteiger partial charge in [-0.15, -0.1) is 0 Å². The highest BCUT2D eigenvalue weighted by molar-refractivity contribution is 5.22. The van der Waals surface area contributed by atoms with E-state index in [-0.39, 0.29) is 0 Å². The number of allylic oxidation sites excluding steroid dienone is 3. The maximum absolute atomic E-state index is 5.59. The Morgan fingerprint density at radius 2 is 2.00 bits per heavy atom. The topological polar surface area (TPSA) is 9.23 Å². The van der Waals surface area contributed by atoms with Gasteiger partial charge in [0.1, 0.15) is 6.10 Å². The van der Waals surface area contributed by atoms with Crippen molar-refractivity contribution < 1.29 is 4.74 Å². The van der Waals surface area contributed by atoms with Gasteiger partial charge < -0.3 is 4.74 Å². The molecule has 1 heteroatoms. The molecule has 0 aromatic heterocycles. The fourth-order valence-corrected chi connectivity index (χ4v) is 2.26. The Bertz CT molecular complexity index is 275. The first-order valence-corrected chi connectivity index (χ1v) is 4.62. The van der Waals surface area contributed by atoms with E-state index in [2.05, 4.69) is 30.4 Å². The van der Waals surface area contributed by atoms with Crippen LogP contribution in [0.1, 0.15) is 6.42 Å². The van der Waals surface area contributed by atoms with E-state index in [9.17, 15) is 0 Å². The molecule has 0 bridgehead atoms. The Labute approximate surface area is 72.4 Å². The number of hydrogen-bond donors (Lipinski definition) is 0. The number of fused-ring (bicyclic) bond motifs is 3. The van der Waals surface area contributed by atoms with Gasteiger partial charge >= 0.3 is 0 Å². The lowest BCUT2D eigenvalue weighted by Gasteiger charge is -2.22. The fraction of sp³-hybridized carbons (Fsp3) is 0.455. The summed E-state index contributed by atoms with van der Waals surface area (Å²) in [7, 11) is 0. The minimum absolute atomic E-state index is 0.309. The largest absolute Gasteiger partial charge is 0.494 e. The second-order valence-electron chi connectivity index (χ2n) is 3.84. The van der Waals surface area contributed by atoms with Crippen molar-refractivity contribution in [2.75, 3.05) is 0 Å². The van der Waals surface area contributed by atoms with E-state index >= 15 is 0 Å². The molecule has 2 aliphatic carbocycles. The smallest absolute Gasteiger partial charge is 0.123 e. The molecule has 0 spiro atoms. The molecule has 3 rings (SSSR count). The van der Waals surface area contributed by atoms with Crippen molar-refractivity contribution in [2.45, 2.75) is 12.5 Å². The normalized spacial score (nSPS) is 47.3. The van der Waals surface area contributed by atoms with Crippen molar-refractivity contribution in [1.29, 1.82) is 0 Å². The summed E-state index contributed by atoms with van der Waals surface area (Å²) in [5, 5.41) is 0. The second kappa shape index (κ2) is 2.25. The van der Waals surface area contributed by atoms with E-state index in [1.807, 2.05) is 6.26 Å². The lowest BCUT2D eigenvalue weighted by molar-refractivity contribution is 0.140. The molecule has 4 unspecified atom stereocenters. The summed E-state index contributed by atoms with van der Waals surface area (Å²) in [6, 6.07) is 0. The lowest BCUT2D eigenvalue weighted by atomic mass is 9.92. The minimum Gasteiger partial charge on any atom is -0.494 e. The van der Waals surface area contributed by atoms with Gasteiger partial charge in [0, 0.05) is 5.92 Å². The average molecular weight is 160 g/mol. The molecule has 62 valence electrons. The van der Waals surface area contributed by atoms with Crippen molar-refractivity contribution >= 4 is 0 Å². The summed E-state index contributed by atoms with van der Waals surface area (Å²) in [5.41, 5.74) is 0. The maximum Gasteiger partial charge on any atom is 0.123 e. The molecule has 0 amide bonds. The summed E-state index contributed by atoms with van der Waals surface area (Å²) in [6.07, 6.45) is 14.5. The molecule has 4 atom stereocenters. The van der Waals surface area contributed by atoms with Crippen LogP contribution in [0, 0.1) is 17.8 Å². The zero-order valence-electron chi connectivity index (χ0n) is 6.89. The molecule has 1 aliphatic heterocycles. The first kappa shape index (κ1) is 6.53. The van der Waals surface area contributed by atoms with E-state index in [0.29, 0.717) is 12.0 Å². The van der Waals surface area contributed by atoms with Crippen LogP contribution >= 0.6 is 0 Å². The first-order chi connectivity index (χ1) is 5.95. The SMILES string of the molecule is C1=CC2OC=CC3CC3C2C=C1. The van der Waals surface area contributed by atoms with Crippen LogP contribution in [0.3, 0.4) is 0 Å². The second-order valence-corrected chi connectivity index (χ2v) is 3.84. The van der Waals surface area contributed by atoms with Crippen molar-refractivity contribution in [3.05, 3.63) is 36.6 Å². The average Bonchev–Trinajstić information content (AvgIpc) is 2.82. The van der Waals surface area contributed by atoms with Crippen molar-refractivity contribution in [3.8, 4) is 0 Å². The van der Waals surface area contributed by atoms with E-state index in [1.165, 1.54) is 6.42 Å². The highest BCUT2D eigenvalue weighted by Gasteiger charge is 2.45. The lowest BCUT2D eigenvalue weighted by Crippen LogP contribution is -2.21. The van der Waals surface area contributed by atoms with Crippen LogP contribution in [0.4, 0.5) is 0 Å². The Balaban J connectivity index is 1.92. The molecule has 1 saturated carbocycles. The van der Waals surface area contributed by atoms with Crippen LogP contribution in [0.2, 0.25) is 0 Å². The van der Waals surface area contributed by atoms with Crippen molar-refractivity contribution in [2.24, 2.45) is 17.8 Å². The molecular formula is C11H12O. The third kappa shape index (κ3) is 0.857. The van der Waals surface area contributed by atoms with Gasteiger partial charge in [0.15, 0.2) is 0 Å². The monoisotopic (exact) mass is 160 g/mol. The molecule has 1 fully saturated rings. The summed E-state index contributed by atoms with van der Waals surface area (Å²) in [6.45, 7) is 0. The summed E-state index contributed by atoms with van der Waals surface area (Å²) < 4.78 is 5.59. The van der Waals surface area contributed by atoms with Crippen LogP contribution in [0.15, 0.2) is 36.6 Å². The van der Waals surface area contributed by atoms with Gasteiger partial charge in [-0.05, 0) is 30.4 Å². The molecule has 0 saturated heterocycles.